The summed E-state index contributed by atoms with van der Waals surface area (Å²) in [6.07, 6.45) is -2.05. The van der Waals surface area contributed by atoms with Crippen molar-refractivity contribution in [2.75, 3.05) is 11.5 Å². The molecule has 2 aromatic rings. The Kier molecular flexibility index (Phi) is 4.85. The number of rotatable bonds is 4. The molecule has 1 aliphatic rings. The Morgan fingerprint density at radius 1 is 0.720 bits per heavy atom. The predicted molar refractivity (Wildman–Crippen MR) is 89.9 cm³/mol. The number of esters is 2. The monoisotopic (exact) mass is 360 g/mol. The summed E-state index contributed by atoms with van der Waals surface area (Å²) < 4.78 is 34.4. The van der Waals surface area contributed by atoms with Gasteiger partial charge in [0.2, 0.25) is 0 Å². The van der Waals surface area contributed by atoms with Crippen molar-refractivity contribution >= 4 is 21.8 Å². The third-order valence-electron chi connectivity index (χ3n) is 3.79. The minimum atomic E-state index is -3.45. The smallest absolute Gasteiger partial charge is 0.338 e. The summed E-state index contributed by atoms with van der Waals surface area (Å²) in [4.78, 5) is 24.3. The molecule has 0 aromatic heterocycles. The molecular formula is C18H16O6S. The lowest BCUT2D eigenvalue weighted by atomic mass is 10.2. The molecular weight excluding hydrogens is 344 g/mol. The average molecular weight is 360 g/mol. The molecule has 0 radical (unpaired) electrons. The third kappa shape index (κ3) is 4.24. The first-order valence-electron chi connectivity index (χ1n) is 7.67. The highest BCUT2D eigenvalue weighted by atomic mass is 32.2. The molecule has 3 rings (SSSR count). The van der Waals surface area contributed by atoms with E-state index < -0.39 is 34.0 Å². The molecule has 2 aromatic carbocycles. The molecule has 130 valence electrons. The second-order valence-corrected chi connectivity index (χ2v) is 7.85. The summed E-state index contributed by atoms with van der Waals surface area (Å²) in [7, 11) is -3.45. The quantitative estimate of drug-likeness (QED) is 0.774. The molecule has 0 spiro atoms. The number of hydrogen-bond acceptors (Lipinski definition) is 6. The largest absolute Gasteiger partial charge is 0.454 e. The zero-order valence-corrected chi connectivity index (χ0v) is 14.0. The first-order chi connectivity index (χ1) is 11.9. The van der Waals surface area contributed by atoms with Gasteiger partial charge in [-0.3, -0.25) is 0 Å². The Bertz CT molecular complexity index is 793. The molecule has 6 nitrogen and oxygen atoms in total. The molecule has 1 heterocycles. The molecule has 25 heavy (non-hydrogen) atoms. The Labute approximate surface area is 145 Å². The van der Waals surface area contributed by atoms with Crippen molar-refractivity contribution < 1.29 is 27.5 Å². The molecule has 2 atom stereocenters. The van der Waals surface area contributed by atoms with Gasteiger partial charge in [0.25, 0.3) is 0 Å². The van der Waals surface area contributed by atoms with Crippen LogP contribution in [0.2, 0.25) is 0 Å². The minimum absolute atomic E-state index is 0.305. The van der Waals surface area contributed by atoms with Crippen LogP contribution >= 0.6 is 0 Å². The van der Waals surface area contributed by atoms with E-state index in [0.717, 1.165) is 0 Å². The Balaban J connectivity index is 1.73. The molecule has 0 N–H and O–H groups in total. The van der Waals surface area contributed by atoms with Gasteiger partial charge in [-0.1, -0.05) is 36.4 Å². The molecule has 7 heteroatoms. The summed E-state index contributed by atoms with van der Waals surface area (Å²) in [5, 5.41) is 0. The van der Waals surface area contributed by atoms with Gasteiger partial charge >= 0.3 is 11.9 Å². The number of benzene rings is 2. The van der Waals surface area contributed by atoms with E-state index in [1.165, 1.54) is 0 Å². The standard InChI is InChI=1S/C18H16O6S/c19-17(13-7-3-1-4-8-13)23-15-11-25(21,22)12-16(15)24-18(20)14-9-5-2-6-10-14/h1-10,15-16H,11-12H2/t15-,16-/m0/s1. The number of carbonyl (C=O) groups excluding carboxylic acids is 2. The lowest BCUT2D eigenvalue weighted by molar-refractivity contribution is -0.0176. The van der Waals surface area contributed by atoms with Gasteiger partial charge < -0.3 is 9.47 Å². The van der Waals surface area contributed by atoms with E-state index in [2.05, 4.69) is 0 Å². The predicted octanol–water partition coefficient (Wildman–Crippen LogP) is 1.87. The maximum atomic E-state index is 12.2. The van der Waals surface area contributed by atoms with Crippen LogP contribution < -0.4 is 0 Å². The fourth-order valence-corrected chi connectivity index (χ4v) is 4.27. The second kappa shape index (κ2) is 7.06. The summed E-state index contributed by atoms with van der Waals surface area (Å²) in [6.45, 7) is 0. The highest BCUT2D eigenvalue weighted by molar-refractivity contribution is 7.91. The van der Waals surface area contributed by atoms with Crippen LogP contribution in [0.15, 0.2) is 60.7 Å². The SMILES string of the molecule is O=C(O[C@H]1CS(=O)(=O)C[C@@H]1OC(=O)c1ccccc1)c1ccccc1. The molecule has 1 fully saturated rings. The fourth-order valence-electron chi connectivity index (χ4n) is 2.56. The highest BCUT2D eigenvalue weighted by Gasteiger charge is 2.43. The Morgan fingerprint density at radius 3 is 1.44 bits per heavy atom. The summed E-state index contributed by atoms with van der Waals surface area (Å²) in [5.41, 5.74) is 0.611. The van der Waals surface area contributed by atoms with Crippen LogP contribution in [0, 0.1) is 0 Å². The van der Waals surface area contributed by atoms with E-state index in [4.69, 9.17) is 9.47 Å². The van der Waals surface area contributed by atoms with Crippen molar-refractivity contribution in [3.63, 3.8) is 0 Å². The van der Waals surface area contributed by atoms with Gasteiger partial charge in [-0.05, 0) is 24.3 Å². The van der Waals surface area contributed by atoms with Crippen molar-refractivity contribution in [3.8, 4) is 0 Å². The Morgan fingerprint density at radius 2 is 1.08 bits per heavy atom. The topological polar surface area (TPSA) is 86.7 Å². The van der Waals surface area contributed by atoms with E-state index >= 15 is 0 Å². The molecule has 0 unspecified atom stereocenters. The minimum Gasteiger partial charge on any atom is -0.454 e. The lowest BCUT2D eigenvalue weighted by Gasteiger charge is -2.19. The van der Waals surface area contributed by atoms with E-state index in [0.29, 0.717) is 11.1 Å². The van der Waals surface area contributed by atoms with Crippen molar-refractivity contribution in [3.05, 3.63) is 71.8 Å². The van der Waals surface area contributed by atoms with Crippen LogP contribution in [0.1, 0.15) is 20.7 Å². The zero-order chi connectivity index (χ0) is 17.9. The van der Waals surface area contributed by atoms with Crippen molar-refractivity contribution in [1.82, 2.24) is 0 Å². The molecule has 0 saturated carbocycles. The van der Waals surface area contributed by atoms with Gasteiger partial charge in [0.1, 0.15) is 0 Å². The zero-order valence-electron chi connectivity index (χ0n) is 13.2. The lowest BCUT2D eigenvalue weighted by Crippen LogP contribution is -2.34. The molecule has 0 amide bonds. The van der Waals surface area contributed by atoms with Crippen LogP contribution in [0.5, 0.6) is 0 Å². The van der Waals surface area contributed by atoms with Crippen LogP contribution in [0.3, 0.4) is 0 Å². The van der Waals surface area contributed by atoms with Crippen LogP contribution in [0.25, 0.3) is 0 Å². The first-order valence-corrected chi connectivity index (χ1v) is 9.49. The van der Waals surface area contributed by atoms with Gasteiger partial charge in [0, 0.05) is 0 Å². The molecule has 1 saturated heterocycles. The fraction of sp³-hybridized carbons (Fsp3) is 0.222. The number of carbonyl (C=O) groups is 2. The first kappa shape index (κ1) is 17.2. The van der Waals surface area contributed by atoms with Crippen LogP contribution in [-0.2, 0) is 19.3 Å². The summed E-state index contributed by atoms with van der Waals surface area (Å²) in [6, 6.07) is 16.5. The van der Waals surface area contributed by atoms with Gasteiger partial charge in [0.15, 0.2) is 22.0 Å². The third-order valence-corrected chi connectivity index (χ3v) is 5.46. The van der Waals surface area contributed by atoms with Crippen LogP contribution in [-0.4, -0.2) is 44.1 Å². The summed E-state index contributed by atoms with van der Waals surface area (Å²) >= 11 is 0. The summed E-state index contributed by atoms with van der Waals surface area (Å²) in [5.74, 6) is -2.02. The van der Waals surface area contributed by atoms with Gasteiger partial charge in [0.05, 0.1) is 22.6 Å². The van der Waals surface area contributed by atoms with Crippen molar-refractivity contribution in [1.29, 1.82) is 0 Å². The van der Waals surface area contributed by atoms with E-state index in [-0.39, 0.29) is 11.5 Å². The normalized spacial score (nSPS) is 21.4. The maximum absolute atomic E-state index is 12.2. The van der Waals surface area contributed by atoms with Gasteiger partial charge in [-0.2, -0.15) is 0 Å². The molecule has 0 bridgehead atoms. The van der Waals surface area contributed by atoms with Crippen molar-refractivity contribution in [2.24, 2.45) is 0 Å². The van der Waals surface area contributed by atoms with Crippen molar-refractivity contribution in [2.45, 2.75) is 12.2 Å². The van der Waals surface area contributed by atoms with Crippen LogP contribution in [0.4, 0.5) is 0 Å². The van der Waals surface area contributed by atoms with E-state index in [1.54, 1.807) is 60.7 Å². The van der Waals surface area contributed by atoms with Gasteiger partial charge in [-0.25, -0.2) is 18.0 Å². The van der Waals surface area contributed by atoms with E-state index in [1.807, 2.05) is 0 Å². The number of ether oxygens (including phenoxy) is 2. The number of hydrogen-bond donors (Lipinski definition) is 0. The number of sulfone groups is 1. The molecule has 1 aliphatic heterocycles. The average Bonchev–Trinajstić information content (AvgIpc) is 2.89. The second-order valence-electron chi connectivity index (χ2n) is 5.70. The Hall–Kier alpha value is -2.67. The maximum Gasteiger partial charge on any atom is 0.338 e. The highest BCUT2D eigenvalue weighted by Crippen LogP contribution is 2.21. The van der Waals surface area contributed by atoms with E-state index in [9.17, 15) is 18.0 Å². The molecule has 0 aliphatic carbocycles. The van der Waals surface area contributed by atoms with Gasteiger partial charge in [-0.15, -0.1) is 0 Å².